The summed E-state index contributed by atoms with van der Waals surface area (Å²) in [6.45, 7) is 1.89. The number of carbonyl (C=O) groups is 1. The summed E-state index contributed by atoms with van der Waals surface area (Å²) in [5.41, 5.74) is 1.82. The Morgan fingerprint density at radius 3 is 2.57 bits per heavy atom. The Labute approximate surface area is 167 Å². The van der Waals surface area contributed by atoms with Crippen LogP contribution in [0, 0.1) is 6.92 Å². The maximum atomic E-state index is 12.4. The third-order valence-corrected chi connectivity index (χ3v) is 7.18. The Morgan fingerprint density at radius 1 is 1.04 bits per heavy atom. The molecule has 142 valence electrons. The molecule has 0 unspecified atom stereocenters. The first-order valence-electron chi connectivity index (χ1n) is 8.80. The monoisotopic (exact) mass is 410 g/mol. The van der Waals surface area contributed by atoms with Gasteiger partial charge in [-0.05, 0) is 30.5 Å². The van der Waals surface area contributed by atoms with Crippen LogP contribution >= 0.6 is 11.3 Å². The Hall–Kier alpha value is -2.77. The highest BCUT2D eigenvalue weighted by molar-refractivity contribution is 7.91. The lowest BCUT2D eigenvalue weighted by atomic mass is 10.1. The summed E-state index contributed by atoms with van der Waals surface area (Å²) in [6, 6.07) is 18.6. The number of aromatic nitrogens is 1. The summed E-state index contributed by atoms with van der Waals surface area (Å²) < 4.78 is 25.8. The number of hydrogen-bond acceptors (Lipinski definition) is 5. The van der Waals surface area contributed by atoms with Gasteiger partial charge in [0.2, 0.25) is 5.91 Å². The van der Waals surface area contributed by atoms with Crippen LogP contribution in [-0.4, -0.2) is 25.1 Å². The van der Waals surface area contributed by atoms with Crippen molar-refractivity contribution in [2.75, 3.05) is 11.1 Å². The number of amides is 1. The molecule has 0 saturated carbocycles. The second-order valence-corrected chi connectivity index (χ2v) is 9.72. The van der Waals surface area contributed by atoms with Gasteiger partial charge in [-0.2, -0.15) is 0 Å². The maximum absolute atomic E-state index is 12.4. The van der Waals surface area contributed by atoms with Gasteiger partial charge in [0.25, 0.3) is 0 Å². The van der Waals surface area contributed by atoms with Crippen LogP contribution < -0.4 is 5.32 Å². The van der Waals surface area contributed by atoms with E-state index in [1.165, 1.54) is 11.3 Å². The van der Waals surface area contributed by atoms with Crippen molar-refractivity contribution in [3.05, 3.63) is 66.2 Å². The van der Waals surface area contributed by atoms with Crippen molar-refractivity contribution in [3.8, 4) is 0 Å². The Morgan fingerprint density at radius 2 is 1.79 bits per heavy atom. The van der Waals surface area contributed by atoms with E-state index in [-0.39, 0.29) is 23.0 Å². The second-order valence-electron chi connectivity index (χ2n) is 6.58. The van der Waals surface area contributed by atoms with E-state index in [4.69, 9.17) is 0 Å². The standard InChI is InChI=1S/C21H18N2O3S2/c1-14-6-9-16(10-7-14)28(25,26)13-12-19(24)22-21-23-20-17-5-3-2-4-15(17)8-11-18(20)27-21/h2-11H,12-13H2,1H3,(H,22,23,24). The van der Waals surface area contributed by atoms with Gasteiger partial charge in [0.1, 0.15) is 0 Å². The van der Waals surface area contributed by atoms with Crippen LogP contribution in [0.25, 0.3) is 21.0 Å². The average molecular weight is 411 g/mol. The van der Waals surface area contributed by atoms with Crippen molar-refractivity contribution in [1.29, 1.82) is 0 Å². The van der Waals surface area contributed by atoms with Crippen LogP contribution in [0.5, 0.6) is 0 Å². The zero-order valence-electron chi connectivity index (χ0n) is 15.2. The molecule has 0 aliphatic carbocycles. The van der Waals surface area contributed by atoms with E-state index < -0.39 is 9.84 Å². The molecule has 1 N–H and O–H groups in total. The number of thiazole rings is 1. The first kappa shape index (κ1) is 18.6. The molecule has 1 heterocycles. The van der Waals surface area contributed by atoms with Crippen molar-refractivity contribution in [1.82, 2.24) is 4.98 Å². The van der Waals surface area contributed by atoms with Crippen molar-refractivity contribution < 1.29 is 13.2 Å². The smallest absolute Gasteiger partial charge is 0.227 e. The lowest BCUT2D eigenvalue weighted by Gasteiger charge is -2.05. The second kappa shape index (κ2) is 7.33. The van der Waals surface area contributed by atoms with Crippen molar-refractivity contribution in [3.63, 3.8) is 0 Å². The number of anilines is 1. The van der Waals surface area contributed by atoms with E-state index in [1.807, 2.05) is 43.3 Å². The minimum Gasteiger partial charge on any atom is -0.302 e. The number of nitrogens with one attached hydrogen (secondary N) is 1. The van der Waals surface area contributed by atoms with Crippen molar-refractivity contribution in [2.24, 2.45) is 0 Å². The van der Waals surface area contributed by atoms with Crippen molar-refractivity contribution >= 4 is 53.2 Å². The molecule has 0 saturated heterocycles. The molecule has 0 spiro atoms. The zero-order chi connectivity index (χ0) is 19.7. The quantitative estimate of drug-likeness (QED) is 0.523. The zero-order valence-corrected chi connectivity index (χ0v) is 16.8. The molecule has 7 heteroatoms. The normalized spacial score (nSPS) is 11.8. The molecular formula is C21H18N2O3S2. The van der Waals surface area contributed by atoms with Crippen LogP contribution in [0.3, 0.4) is 0 Å². The Balaban J connectivity index is 1.48. The number of benzene rings is 3. The van der Waals surface area contributed by atoms with Crippen LogP contribution in [0.1, 0.15) is 12.0 Å². The minimum absolute atomic E-state index is 0.118. The summed E-state index contributed by atoms with van der Waals surface area (Å²) in [4.78, 5) is 17.0. The molecule has 0 radical (unpaired) electrons. The van der Waals surface area contributed by atoms with E-state index in [2.05, 4.69) is 10.3 Å². The molecular weight excluding hydrogens is 392 g/mol. The largest absolute Gasteiger partial charge is 0.302 e. The Kier molecular flexibility index (Phi) is 4.87. The van der Waals surface area contributed by atoms with E-state index in [9.17, 15) is 13.2 Å². The third kappa shape index (κ3) is 3.76. The number of sulfone groups is 1. The molecule has 0 bridgehead atoms. The number of rotatable bonds is 5. The molecule has 4 aromatic rings. The molecule has 3 aromatic carbocycles. The fourth-order valence-corrected chi connectivity index (χ4v) is 5.13. The van der Waals surface area contributed by atoms with Gasteiger partial charge in [-0.3, -0.25) is 4.79 Å². The fourth-order valence-electron chi connectivity index (χ4n) is 2.99. The highest BCUT2D eigenvalue weighted by atomic mass is 32.2. The van der Waals surface area contributed by atoms with Gasteiger partial charge >= 0.3 is 0 Å². The van der Waals surface area contributed by atoms with Crippen molar-refractivity contribution in [2.45, 2.75) is 18.2 Å². The third-order valence-electron chi connectivity index (χ3n) is 4.51. The maximum Gasteiger partial charge on any atom is 0.227 e. The predicted molar refractivity (Wildman–Crippen MR) is 114 cm³/mol. The van der Waals surface area contributed by atoms with E-state index in [0.717, 1.165) is 26.6 Å². The fraction of sp³-hybridized carbons (Fsp3) is 0.143. The number of carbonyl (C=O) groups excluding carboxylic acids is 1. The molecule has 0 aliphatic heterocycles. The summed E-state index contributed by atoms with van der Waals surface area (Å²) in [7, 11) is -3.50. The number of nitrogens with zero attached hydrogens (tertiary/aromatic N) is 1. The first-order valence-corrected chi connectivity index (χ1v) is 11.3. The number of hydrogen-bond donors (Lipinski definition) is 1. The molecule has 4 rings (SSSR count). The topological polar surface area (TPSA) is 76.1 Å². The van der Waals surface area contributed by atoms with E-state index in [0.29, 0.717) is 5.13 Å². The van der Waals surface area contributed by atoms with E-state index >= 15 is 0 Å². The first-order chi connectivity index (χ1) is 13.4. The van der Waals surface area contributed by atoms with Gasteiger partial charge in [0, 0.05) is 11.8 Å². The van der Waals surface area contributed by atoms with Gasteiger partial charge in [-0.25, -0.2) is 13.4 Å². The summed E-state index contributed by atoms with van der Waals surface area (Å²) in [6.07, 6.45) is -0.118. The van der Waals surface area contributed by atoms with Gasteiger partial charge in [0.15, 0.2) is 15.0 Å². The van der Waals surface area contributed by atoms with E-state index in [1.54, 1.807) is 24.3 Å². The highest BCUT2D eigenvalue weighted by Gasteiger charge is 2.17. The van der Waals surface area contributed by atoms with Gasteiger partial charge in [-0.15, -0.1) is 0 Å². The SMILES string of the molecule is Cc1ccc(S(=O)(=O)CCC(=O)Nc2nc3c(ccc4ccccc43)s2)cc1. The lowest BCUT2D eigenvalue weighted by molar-refractivity contribution is -0.115. The molecule has 0 aliphatic rings. The molecule has 5 nitrogen and oxygen atoms in total. The molecule has 0 atom stereocenters. The predicted octanol–water partition coefficient (Wildman–Crippen LogP) is 4.56. The van der Waals surface area contributed by atoms with Gasteiger partial charge < -0.3 is 5.32 Å². The van der Waals surface area contributed by atoms with Gasteiger partial charge in [0.05, 0.1) is 20.9 Å². The minimum atomic E-state index is -3.50. The molecule has 1 amide bonds. The molecule has 28 heavy (non-hydrogen) atoms. The molecule has 1 aromatic heterocycles. The van der Waals surface area contributed by atoms with Crippen LogP contribution in [0.2, 0.25) is 0 Å². The highest BCUT2D eigenvalue weighted by Crippen LogP contribution is 2.31. The van der Waals surface area contributed by atoms with Crippen LogP contribution in [0.4, 0.5) is 5.13 Å². The summed E-state index contributed by atoms with van der Waals surface area (Å²) in [5.74, 6) is -0.602. The van der Waals surface area contributed by atoms with Crippen LogP contribution in [-0.2, 0) is 14.6 Å². The number of aryl methyl sites for hydroxylation is 1. The Bertz CT molecular complexity index is 1280. The van der Waals surface area contributed by atoms with Crippen LogP contribution in [0.15, 0.2) is 65.6 Å². The number of fused-ring (bicyclic) bond motifs is 3. The summed E-state index contributed by atoms with van der Waals surface area (Å²) in [5, 5.41) is 5.32. The lowest BCUT2D eigenvalue weighted by Crippen LogP contribution is -2.17. The molecule has 0 fully saturated rings. The average Bonchev–Trinajstić information content (AvgIpc) is 3.10. The summed E-state index contributed by atoms with van der Waals surface area (Å²) >= 11 is 1.38. The van der Waals surface area contributed by atoms with Gasteiger partial charge in [-0.1, -0.05) is 59.4 Å².